The quantitative estimate of drug-likeness (QED) is 0.217. The molecule has 0 heterocycles. The molecule has 0 fully saturated rings. The maximum Gasteiger partial charge on any atom is 0.0695 e. The first kappa shape index (κ1) is 53.0. The van der Waals surface area contributed by atoms with Crippen LogP contribution in [0.3, 0.4) is 0 Å². The third-order valence-electron chi connectivity index (χ3n) is 9.66. The topological polar surface area (TPSA) is 55.4 Å². The smallest absolute Gasteiger partial charge is 0.0695 e. The Hall–Kier alpha value is -1.02. The Balaban J connectivity index is 0.000000420. The van der Waals surface area contributed by atoms with Crippen LogP contribution in [0, 0.1) is 29.6 Å². The highest BCUT2D eigenvalue weighted by Crippen LogP contribution is 2.36. The Labute approximate surface area is 348 Å². The predicted molar refractivity (Wildman–Crippen MR) is 240 cm³/mol. The van der Waals surface area contributed by atoms with Crippen molar-refractivity contribution in [1.29, 1.82) is 0 Å². The molecule has 0 N–H and O–H groups in total. The van der Waals surface area contributed by atoms with Crippen LogP contribution in [-0.4, -0.2) is 71.7 Å². The highest BCUT2D eigenvalue weighted by molar-refractivity contribution is 5.12. The number of rotatable bonds is 9. The van der Waals surface area contributed by atoms with E-state index < -0.39 is 0 Å². The fourth-order valence-corrected chi connectivity index (χ4v) is 7.59. The standard InChI is InChI=1S/2C17H32O2.C16H30O2/c2*1-12-9-13(2)15(19-17(6,7)8)14(10-12)11-18-16(3,4)5;1-12-8-9-14(18-16(5,6)7)13(10-12)11-17-15(2,3)4/h2*10,13-15H,9,11H2,1-8H3;10,13-14H,8-9,11H2,1-7H3/t2*13-,14+,15+;13-,14-/m001/s1. The first-order chi connectivity index (χ1) is 25.0. The molecule has 8 atom stereocenters. The minimum Gasteiger partial charge on any atom is -0.375 e. The average molecular weight is 791 g/mol. The van der Waals surface area contributed by atoms with E-state index in [2.05, 4.69) is 177 Å². The van der Waals surface area contributed by atoms with E-state index in [9.17, 15) is 0 Å². The Morgan fingerprint density at radius 2 is 0.732 bits per heavy atom. The van der Waals surface area contributed by atoms with E-state index in [0.29, 0.717) is 29.6 Å². The van der Waals surface area contributed by atoms with E-state index in [0.717, 1.165) is 45.5 Å². The first-order valence-corrected chi connectivity index (χ1v) is 22.0. The van der Waals surface area contributed by atoms with Crippen molar-refractivity contribution in [2.75, 3.05) is 19.8 Å². The fourth-order valence-electron chi connectivity index (χ4n) is 7.59. The van der Waals surface area contributed by atoms with Crippen LogP contribution in [0.15, 0.2) is 34.9 Å². The molecule has 3 aliphatic carbocycles. The van der Waals surface area contributed by atoms with Gasteiger partial charge in [0.1, 0.15) is 0 Å². The van der Waals surface area contributed by atoms with Crippen LogP contribution in [0.2, 0.25) is 0 Å². The lowest BCUT2D eigenvalue weighted by atomic mass is 9.81. The summed E-state index contributed by atoms with van der Waals surface area (Å²) in [6.07, 6.45) is 12.4. The second-order valence-electron chi connectivity index (χ2n) is 23.4. The second kappa shape index (κ2) is 21.5. The molecule has 0 aliphatic heterocycles. The molecule has 0 unspecified atom stereocenters. The van der Waals surface area contributed by atoms with E-state index in [1.165, 1.54) is 16.7 Å². The van der Waals surface area contributed by atoms with Gasteiger partial charge in [0.25, 0.3) is 0 Å². The molecule has 0 spiro atoms. The molecular weight excluding hydrogens is 697 g/mol. The summed E-state index contributed by atoms with van der Waals surface area (Å²) in [5.41, 5.74) is 3.85. The molecule has 0 radical (unpaired) electrons. The molecular formula is C50H94O6. The molecule has 3 aliphatic rings. The second-order valence-corrected chi connectivity index (χ2v) is 23.4. The van der Waals surface area contributed by atoms with E-state index in [1.54, 1.807) is 0 Å². The van der Waals surface area contributed by atoms with Crippen molar-refractivity contribution in [2.45, 2.75) is 237 Å². The normalized spacial score (nSPS) is 28.2. The van der Waals surface area contributed by atoms with Gasteiger partial charge in [-0.3, -0.25) is 0 Å². The van der Waals surface area contributed by atoms with Gasteiger partial charge in [-0.25, -0.2) is 0 Å². The average Bonchev–Trinajstić information content (AvgIpc) is 2.96. The van der Waals surface area contributed by atoms with E-state index in [4.69, 9.17) is 28.4 Å². The zero-order valence-corrected chi connectivity index (χ0v) is 41.3. The highest BCUT2D eigenvalue weighted by Gasteiger charge is 2.36. The molecule has 330 valence electrons. The van der Waals surface area contributed by atoms with Crippen LogP contribution in [0.1, 0.15) is 185 Å². The van der Waals surface area contributed by atoms with Crippen LogP contribution < -0.4 is 0 Å². The molecule has 0 bridgehead atoms. The van der Waals surface area contributed by atoms with Gasteiger partial charge in [-0.05, 0) is 183 Å². The SMILES string of the molecule is CC1=C[C@H](COC(C)(C)C)[C@H](OC(C)(C)C)CC1.CC1=C[C@H](COC(C)(C)C)[C@H](OC(C)(C)C)[C@@H](C)C1.CC1=C[C@H](COC(C)(C)C)[C@H](OC(C)(C)C)[C@@H](C)C1. The minimum atomic E-state index is -0.0992. The zero-order valence-electron chi connectivity index (χ0n) is 41.3. The van der Waals surface area contributed by atoms with Crippen molar-refractivity contribution < 1.29 is 28.4 Å². The van der Waals surface area contributed by atoms with Crippen molar-refractivity contribution in [3.05, 3.63) is 34.9 Å². The minimum absolute atomic E-state index is 0.0779. The number of ether oxygens (including phenoxy) is 6. The molecule has 0 saturated heterocycles. The lowest BCUT2D eigenvalue weighted by Crippen LogP contribution is -2.41. The summed E-state index contributed by atoms with van der Waals surface area (Å²) >= 11 is 0. The molecule has 0 aromatic carbocycles. The third-order valence-corrected chi connectivity index (χ3v) is 9.66. The van der Waals surface area contributed by atoms with E-state index in [1.807, 2.05) is 0 Å². The lowest BCUT2D eigenvalue weighted by Gasteiger charge is -2.39. The van der Waals surface area contributed by atoms with Crippen molar-refractivity contribution in [3.63, 3.8) is 0 Å². The number of hydrogen-bond donors (Lipinski definition) is 0. The van der Waals surface area contributed by atoms with Crippen molar-refractivity contribution >= 4 is 0 Å². The third kappa shape index (κ3) is 24.2. The Morgan fingerprint density at radius 3 is 1.04 bits per heavy atom. The van der Waals surface area contributed by atoms with Crippen molar-refractivity contribution in [2.24, 2.45) is 29.6 Å². The largest absolute Gasteiger partial charge is 0.375 e. The van der Waals surface area contributed by atoms with Crippen molar-refractivity contribution in [3.8, 4) is 0 Å². The Kier molecular flexibility index (Phi) is 20.3. The maximum atomic E-state index is 6.29. The van der Waals surface area contributed by atoms with Gasteiger partial charge in [0.05, 0.1) is 71.7 Å². The van der Waals surface area contributed by atoms with Gasteiger partial charge in [-0.1, -0.05) is 48.8 Å². The summed E-state index contributed by atoms with van der Waals surface area (Å²) in [5.74, 6) is 2.22. The Morgan fingerprint density at radius 1 is 0.429 bits per heavy atom. The van der Waals surface area contributed by atoms with Gasteiger partial charge in [-0.15, -0.1) is 0 Å². The summed E-state index contributed by atoms with van der Waals surface area (Å²) in [6.45, 7) is 51.6. The van der Waals surface area contributed by atoms with Crippen LogP contribution in [0.25, 0.3) is 0 Å². The van der Waals surface area contributed by atoms with Crippen LogP contribution in [-0.2, 0) is 28.4 Å². The fraction of sp³-hybridized carbons (Fsp3) is 0.880. The number of allylic oxidation sites excluding steroid dienone is 3. The lowest BCUT2D eigenvalue weighted by molar-refractivity contribution is -0.125. The highest BCUT2D eigenvalue weighted by atomic mass is 16.5. The summed E-state index contributed by atoms with van der Waals surface area (Å²) < 4.78 is 36.7. The molecule has 6 heteroatoms. The molecule has 0 aromatic heterocycles. The molecule has 0 saturated carbocycles. The van der Waals surface area contributed by atoms with Gasteiger partial charge in [0.15, 0.2) is 0 Å². The summed E-state index contributed by atoms with van der Waals surface area (Å²) in [4.78, 5) is 0. The Bertz CT molecular complexity index is 1170. The molecule has 3 rings (SSSR count). The van der Waals surface area contributed by atoms with E-state index >= 15 is 0 Å². The molecule has 56 heavy (non-hydrogen) atoms. The van der Waals surface area contributed by atoms with Gasteiger partial charge in [0.2, 0.25) is 0 Å². The maximum absolute atomic E-state index is 6.29. The van der Waals surface area contributed by atoms with Gasteiger partial charge in [0, 0.05) is 17.8 Å². The van der Waals surface area contributed by atoms with Gasteiger partial charge in [-0.2, -0.15) is 0 Å². The summed E-state index contributed by atoms with van der Waals surface area (Å²) in [6, 6.07) is 0. The molecule has 6 nitrogen and oxygen atoms in total. The van der Waals surface area contributed by atoms with Crippen LogP contribution in [0.4, 0.5) is 0 Å². The first-order valence-electron chi connectivity index (χ1n) is 22.0. The van der Waals surface area contributed by atoms with Crippen LogP contribution in [0.5, 0.6) is 0 Å². The van der Waals surface area contributed by atoms with Crippen molar-refractivity contribution in [1.82, 2.24) is 0 Å². The van der Waals surface area contributed by atoms with E-state index in [-0.39, 0.29) is 51.9 Å². The van der Waals surface area contributed by atoms with Gasteiger partial charge < -0.3 is 28.4 Å². The molecule has 0 aromatic rings. The number of hydrogen-bond acceptors (Lipinski definition) is 6. The summed E-state index contributed by atoms with van der Waals surface area (Å²) in [5, 5.41) is 0. The monoisotopic (exact) mass is 791 g/mol. The predicted octanol–water partition coefficient (Wildman–Crippen LogP) is 13.5. The molecule has 0 amide bonds. The van der Waals surface area contributed by atoms with Crippen LogP contribution >= 0.6 is 0 Å². The summed E-state index contributed by atoms with van der Waals surface area (Å²) in [7, 11) is 0. The zero-order chi connectivity index (χ0) is 43.7. The van der Waals surface area contributed by atoms with Gasteiger partial charge >= 0.3 is 0 Å².